The Balaban J connectivity index is 1.63. The van der Waals surface area contributed by atoms with Crippen LogP contribution in [-0.2, 0) is 18.9 Å². The molecule has 23 heavy (non-hydrogen) atoms. The first-order chi connectivity index (χ1) is 10.8. The summed E-state index contributed by atoms with van der Waals surface area (Å²) in [6, 6.07) is 0. The predicted octanol–water partition coefficient (Wildman–Crippen LogP) is 1.29. The third kappa shape index (κ3) is 3.17. The summed E-state index contributed by atoms with van der Waals surface area (Å²) >= 11 is 0. The highest BCUT2D eigenvalue weighted by molar-refractivity contribution is 4.96. The van der Waals surface area contributed by atoms with Crippen molar-refractivity contribution in [1.82, 2.24) is 0 Å². The molecule has 2 spiro atoms. The van der Waals surface area contributed by atoms with Crippen LogP contribution in [0.3, 0.4) is 0 Å². The molecule has 2 N–H and O–H groups in total. The summed E-state index contributed by atoms with van der Waals surface area (Å²) in [6.45, 7) is 8.20. The van der Waals surface area contributed by atoms with E-state index >= 15 is 0 Å². The number of aliphatic hydroxyl groups is 2. The van der Waals surface area contributed by atoms with Gasteiger partial charge in [0.1, 0.15) is 0 Å². The van der Waals surface area contributed by atoms with Crippen LogP contribution in [0.15, 0.2) is 0 Å². The van der Waals surface area contributed by atoms with E-state index in [0.29, 0.717) is 45.7 Å². The third-order valence-electron chi connectivity index (χ3n) is 5.68. The molecule has 3 rings (SSSR count). The van der Waals surface area contributed by atoms with Crippen molar-refractivity contribution < 1.29 is 29.2 Å². The van der Waals surface area contributed by atoms with Crippen molar-refractivity contribution in [2.75, 3.05) is 39.6 Å². The van der Waals surface area contributed by atoms with Gasteiger partial charge in [-0.25, -0.2) is 0 Å². The molecule has 0 aromatic carbocycles. The van der Waals surface area contributed by atoms with Gasteiger partial charge in [0, 0.05) is 36.0 Å². The largest absolute Gasteiger partial charge is 0.396 e. The quantitative estimate of drug-likeness (QED) is 0.794. The number of rotatable bonds is 2. The topological polar surface area (TPSA) is 77.4 Å². The molecular weight excluding hydrogens is 300 g/mol. The summed E-state index contributed by atoms with van der Waals surface area (Å²) < 4.78 is 24.3. The monoisotopic (exact) mass is 330 g/mol. The second-order valence-electron chi connectivity index (χ2n) is 8.42. The van der Waals surface area contributed by atoms with E-state index in [9.17, 15) is 10.2 Å². The second kappa shape index (κ2) is 5.93. The Morgan fingerprint density at radius 2 is 1.30 bits per heavy atom. The van der Waals surface area contributed by atoms with Gasteiger partial charge in [0.15, 0.2) is 11.6 Å². The molecule has 0 bridgehead atoms. The highest BCUT2D eigenvalue weighted by Crippen LogP contribution is 2.49. The molecular formula is C17H30O6. The number of hydrogen-bond donors (Lipinski definition) is 2. The normalized spacial score (nSPS) is 51.3. The van der Waals surface area contributed by atoms with Crippen molar-refractivity contribution >= 4 is 0 Å². The summed E-state index contributed by atoms with van der Waals surface area (Å²) in [5.74, 6) is -1.04. The van der Waals surface area contributed by atoms with Crippen LogP contribution in [0.2, 0.25) is 0 Å². The first-order valence-electron chi connectivity index (χ1n) is 8.56. The molecule has 134 valence electrons. The average Bonchev–Trinajstić information content (AvgIpc) is 2.57. The molecule has 2 aliphatic heterocycles. The summed E-state index contributed by atoms with van der Waals surface area (Å²) in [5.41, 5.74) is -0.634. The summed E-state index contributed by atoms with van der Waals surface area (Å²) in [6.07, 6.45) is 2.14. The highest BCUT2D eigenvalue weighted by atomic mass is 16.7. The van der Waals surface area contributed by atoms with Gasteiger partial charge >= 0.3 is 0 Å². The van der Waals surface area contributed by atoms with E-state index in [2.05, 4.69) is 6.92 Å². The molecule has 0 amide bonds. The van der Waals surface area contributed by atoms with Crippen LogP contribution in [0, 0.1) is 16.7 Å². The van der Waals surface area contributed by atoms with Crippen molar-refractivity contribution in [2.45, 2.75) is 51.6 Å². The van der Waals surface area contributed by atoms with E-state index < -0.39 is 11.6 Å². The minimum Gasteiger partial charge on any atom is -0.396 e. The van der Waals surface area contributed by atoms with Crippen LogP contribution in [0.4, 0.5) is 0 Å². The average molecular weight is 330 g/mol. The summed E-state index contributed by atoms with van der Waals surface area (Å²) in [4.78, 5) is 0. The lowest BCUT2D eigenvalue weighted by atomic mass is 9.78. The van der Waals surface area contributed by atoms with Gasteiger partial charge in [-0.3, -0.25) is 0 Å². The molecule has 1 saturated carbocycles. The van der Waals surface area contributed by atoms with E-state index in [1.807, 2.05) is 13.8 Å². The SMILES string of the molecule is CC1CC2(CCC13OCC(C)(CO)CO3)OCC(C)(CO)CO2. The fourth-order valence-corrected chi connectivity index (χ4v) is 3.58. The number of hydrogen-bond acceptors (Lipinski definition) is 6. The van der Waals surface area contributed by atoms with Crippen molar-refractivity contribution in [2.24, 2.45) is 16.7 Å². The van der Waals surface area contributed by atoms with Crippen LogP contribution < -0.4 is 0 Å². The molecule has 2 heterocycles. The van der Waals surface area contributed by atoms with Crippen molar-refractivity contribution in [3.05, 3.63) is 0 Å². The number of aliphatic hydroxyl groups excluding tert-OH is 2. The lowest BCUT2D eigenvalue weighted by Crippen LogP contribution is -2.61. The Kier molecular flexibility index (Phi) is 4.53. The zero-order valence-corrected chi connectivity index (χ0v) is 14.5. The lowest BCUT2D eigenvalue weighted by Gasteiger charge is -2.55. The zero-order chi connectivity index (χ0) is 16.8. The third-order valence-corrected chi connectivity index (χ3v) is 5.68. The Morgan fingerprint density at radius 3 is 1.74 bits per heavy atom. The van der Waals surface area contributed by atoms with E-state index in [-0.39, 0.29) is 30.0 Å². The van der Waals surface area contributed by atoms with Crippen LogP contribution in [0.1, 0.15) is 40.0 Å². The molecule has 6 nitrogen and oxygen atoms in total. The van der Waals surface area contributed by atoms with Crippen LogP contribution >= 0.6 is 0 Å². The first kappa shape index (κ1) is 17.6. The summed E-state index contributed by atoms with van der Waals surface area (Å²) in [5, 5.41) is 18.9. The molecule has 0 radical (unpaired) electrons. The van der Waals surface area contributed by atoms with Gasteiger partial charge in [0.2, 0.25) is 0 Å². The molecule has 3 aliphatic rings. The van der Waals surface area contributed by atoms with Gasteiger partial charge in [-0.05, 0) is 0 Å². The van der Waals surface area contributed by atoms with Gasteiger partial charge in [0.25, 0.3) is 0 Å². The molecule has 0 aromatic rings. The van der Waals surface area contributed by atoms with Gasteiger partial charge in [-0.2, -0.15) is 0 Å². The second-order valence-corrected chi connectivity index (χ2v) is 8.42. The fraction of sp³-hybridized carbons (Fsp3) is 1.00. The lowest BCUT2D eigenvalue weighted by molar-refractivity contribution is -0.384. The van der Waals surface area contributed by atoms with E-state index in [1.165, 1.54) is 0 Å². The van der Waals surface area contributed by atoms with Crippen molar-refractivity contribution in [3.8, 4) is 0 Å². The van der Waals surface area contributed by atoms with E-state index in [0.717, 1.165) is 0 Å². The van der Waals surface area contributed by atoms with Crippen LogP contribution in [0.25, 0.3) is 0 Å². The maximum absolute atomic E-state index is 9.45. The van der Waals surface area contributed by atoms with Crippen LogP contribution in [-0.4, -0.2) is 61.4 Å². The van der Waals surface area contributed by atoms with Gasteiger partial charge in [0.05, 0.1) is 39.6 Å². The fourth-order valence-electron chi connectivity index (χ4n) is 3.58. The predicted molar refractivity (Wildman–Crippen MR) is 82.7 cm³/mol. The number of ether oxygens (including phenoxy) is 4. The van der Waals surface area contributed by atoms with Gasteiger partial charge in [-0.15, -0.1) is 0 Å². The Hall–Kier alpha value is -0.240. The Labute approximate surface area is 138 Å². The molecule has 1 unspecified atom stereocenters. The van der Waals surface area contributed by atoms with Crippen LogP contribution in [0.5, 0.6) is 0 Å². The summed E-state index contributed by atoms with van der Waals surface area (Å²) in [7, 11) is 0. The van der Waals surface area contributed by atoms with Gasteiger partial charge in [-0.1, -0.05) is 20.8 Å². The Bertz CT molecular complexity index is 421. The van der Waals surface area contributed by atoms with E-state index in [1.54, 1.807) is 0 Å². The molecule has 0 aromatic heterocycles. The minimum atomic E-state index is -0.593. The maximum atomic E-state index is 9.45. The molecule has 3 fully saturated rings. The molecule has 1 aliphatic carbocycles. The highest BCUT2D eigenvalue weighted by Gasteiger charge is 2.55. The minimum absolute atomic E-state index is 0.0629. The molecule has 6 heteroatoms. The first-order valence-corrected chi connectivity index (χ1v) is 8.56. The van der Waals surface area contributed by atoms with Crippen molar-refractivity contribution in [1.29, 1.82) is 0 Å². The van der Waals surface area contributed by atoms with Gasteiger partial charge < -0.3 is 29.2 Å². The zero-order valence-electron chi connectivity index (χ0n) is 14.5. The molecule has 2 saturated heterocycles. The standard InChI is InChI=1S/C17H30O6/c1-13-6-16(20-9-14(2,7-18)10-21-16)4-5-17(13)22-11-15(3,8-19)12-23-17/h13,18-19H,4-12H2,1-3H3. The van der Waals surface area contributed by atoms with Crippen molar-refractivity contribution in [3.63, 3.8) is 0 Å². The maximum Gasteiger partial charge on any atom is 0.171 e. The van der Waals surface area contributed by atoms with E-state index in [4.69, 9.17) is 18.9 Å². The smallest absolute Gasteiger partial charge is 0.171 e. The molecule has 1 atom stereocenters. The Morgan fingerprint density at radius 1 is 0.826 bits per heavy atom.